The molecule has 3 aromatic rings. The molecule has 1 amide bonds. The summed E-state index contributed by atoms with van der Waals surface area (Å²) in [5.41, 5.74) is 1.53. The smallest absolute Gasteiger partial charge is 0.256 e. The van der Waals surface area contributed by atoms with Crippen LogP contribution in [-0.2, 0) is 7.05 Å². The Morgan fingerprint density at radius 3 is 2.77 bits per heavy atom. The van der Waals surface area contributed by atoms with E-state index in [2.05, 4.69) is 30.7 Å². The number of methoxy groups -OCH3 is 1. The molecule has 0 fully saturated rings. The van der Waals surface area contributed by atoms with Gasteiger partial charge < -0.3 is 15.4 Å². The summed E-state index contributed by atoms with van der Waals surface area (Å²) in [6, 6.07) is 5.44. The predicted octanol–water partition coefficient (Wildman–Crippen LogP) is 2.04. The molecule has 134 valence electrons. The van der Waals surface area contributed by atoms with Gasteiger partial charge in [0.2, 0.25) is 5.28 Å². The number of aryl methyl sites for hydroxylation is 1. The van der Waals surface area contributed by atoms with Gasteiger partial charge in [0, 0.05) is 20.3 Å². The zero-order valence-electron chi connectivity index (χ0n) is 14.3. The van der Waals surface area contributed by atoms with E-state index in [0.29, 0.717) is 22.8 Å². The fourth-order valence-electron chi connectivity index (χ4n) is 2.38. The van der Waals surface area contributed by atoms with Gasteiger partial charge in [-0.2, -0.15) is 10.1 Å². The molecule has 0 saturated heterocycles. The van der Waals surface area contributed by atoms with Crippen LogP contribution in [-0.4, -0.2) is 44.8 Å². The lowest BCUT2D eigenvalue weighted by Gasteiger charge is -2.15. The molecule has 0 radical (unpaired) electrons. The summed E-state index contributed by atoms with van der Waals surface area (Å²) in [7, 11) is 4.85. The summed E-state index contributed by atoms with van der Waals surface area (Å²) >= 11 is 5.89. The number of benzene rings is 1. The number of anilines is 2. The Hall–Kier alpha value is -3.20. The maximum atomic E-state index is 12.1. The lowest BCUT2D eigenvalue weighted by Crippen LogP contribution is -2.20. The van der Waals surface area contributed by atoms with Gasteiger partial charge in [-0.3, -0.25) is 9.48 Å². The molecule has 9 nitrogen and oxygen atoms in total. The average molecular weight is 374 g/mol. The Morgan fingerprint density at radius 1 is 1.31 bits per heavy atom. The maximum Gasteiger partial charge on any atom is 0.256 e. The first-order chi connectivity index (χ1) is 12.5. The van der Waals surface area contributed by atoms with Crippen LogP contribution in [0.4, 0.5) is 11.5 Å². The van der Waals surface area contributed by atoms with E-state index in [9.17, 15) is 4.79 Å². The van der Waals surface area contributed by atoms with E-state index in [4.69, 9.17) is 16.3 Å². The van der Waals surface area contributed by atoms with Crippen LogP contribution >= 0.6 is 11.6 Å². The van der Waals surface area contributed by atoms with E-state index < -0.39 is 0 Å². The third-order valence-electron chi connectivity index (χ3n) is 3.54. The summed E-state index contributed by atoms with van der Waals surface area (Å²) in [4.78, 5) is 24.3. The molecular formula is C16H16ClN7O2. The first-order valence-corrected chi connectivity index (χ1v) is 7.96. The van der Waals surface area contributed by atoms with Crippen molar-refractivity contribution in [1.82, 2.24) is 30.0 Å². The van der Waals surface area contributed by atoms with Gasteiger partial charge in [-0.1, -0.05) is 6.07 Å². The Labute approximate surface area is 154 Å². The molecule has 0 bridgehead atoms. The van der Waals surface area contributed by atoms with Crippen LogP contribution in [0.15, 0.2) is 30.7 Å². The molecule has 0 saturated carbocycles. The van der Waals surface area contributed by atoms with Crippen LogP contribution in [0.25, 0.3) is 11.4 Å². The number of nitrogens with one attached hydrogen (secondary N) is 2. The molecule has 3 rings (SSSR count). The Bertz CT molecular complexity index is 958. The van der Waals surface area contributed by atoms with Crippen molar-refractivity contribution in [3.05, 3.63) is 41.6 Å². The second-order valence-corrected chi connectivity index (χ2v) is 5.57. The van der Waals surface area contributed by atoms with Crippen LogP contribution in [0.3, 0.4) is 0 Å². The molecule has 2 heterocycles. The fourth-order valence-corrected chi connectivity index (χ4v) is 2.51. The highest BCUT2D eigenvalue weighted by molar-refractivity contribution is 6.28. The van der Waals surface area contributed by atoms with Crippen LogP contribution < -0.4 is 15.4 Å². The van der Waals surface area contributed by atoms with Crippen molar-refractivity contribution in [2.75, 3.05) is 19.5 Å². The highest BCUT2D eigenvalue weighted by Gasteiger charge is 2.18. The minimum atomic E-state index is -0.342. The van der Waals surface area contributed by atoms with Crippen molar-refractivity contribution in [1.29, 1.82) is 0 Å². The van der Waals surface area contributed by atoms with E-state index in [1.54, 1.807) is 31.2 Å². The summed E-state index contributed by atoms with van der Waals surface area (Å²) in [5, 5.41) is 9.93. The number of para-hydroxylation sites is 1. The molecule has 2 aromatic heterocycles. The van der Waals surface area contributed by atoms with Crippen LogP contribution in [0, 0.1) is 0 Å². The number of carbonyl (C=O) groups is 1. The summed E-state index contributed by atoms with van der Waals surface area (Å²) in [6.07, 6.45) is 2.95. The third-order valence-corrected chi connectivity index (χ3v) is 3.73. The number of aromatic nitrogens is 5. The van der Waals surface area contributed by atoms with Crippen molar-refractivity contribution in [2.45, 2.75) is 0 Å². The van der Waals surface area contributed by atoms with Gasteiger partial charge in [0.1, 0.15) is 17.7 Å². The fraction of sp³-hybridized carbons (Fsp3) is 0.188. The van der Waals surface area contributed by atoms with Gasteiger partial charge in [0.25, 0.3) is 5.91 Å². The standard InChI is InChI=1S/C16H16ClN7O2/c1-18-15(25)10-7-19-16(17)22-14(10)21-11-6-4-5-9(12(11)26-3)13-20-8-24(2)23-13/h4-8H,1-3H3,(H,18,25)(H,19,21,22). The highest BCUT2D eigenvalue weighted by atomic mass is 35.5. The summed E-state index contributed by atoms with van der Waals surface area (Å²) in [6.45, 7) is 0. The zero-order chi connectivity index (χ0) is 18.7. The molecule has 0 spiro atoms. The summed E-state index contributed by atoms with van der Waals surface area (Å²) < 4.78 is 7.14. The second-order valence-electron chi connectivity index (χ2n) is 5.23. The molecule has 10 heteroatoms. The van der Waals surface area contributed by atoms with Crippen molar-refractivity contribution < 1.29 is 9.53 Å². The monoisotopic (exact) mass is 373 g/mol. The predicted molar refractivity (Wildman–Crippen MR) is 96.7 cm³/mol. The maximum absolute atomic E-state index is 12.1. The van der Waals surface area contributed by atoms with Crippen LogP contribution in [0.1, 0.15) is 10.4 Å². The number of halogens is 1. The van der Waals surface area contributed by atoms with E-state index in [1.165, 1.54) is 13.2 Å². The molecular weight excluding hydrogens is 358 g/mol. The van der Waals surface area contributed by atoms with Gasteiger partial charge in [-0.15, -0.1) is 0 Å². The minimum absolute atomic E-state index is 0.0154. The number of rotatable bonds is 5. The Morgan fingerprint density at radius 2 is 2.12 bits per heavy atom. The Balaban J connectivity index is 2.06. The number of hydrogen-bond acceptors (Lipinski definition) is 7. The number of amides is 1. The molecule has 0 aliphatic heterocycles. The largest absolute Gasteiger partial charge is 0.494 e. The normalized spacial score (nSPS) is 10.5. The molecule has 0 aliphatic carbocycles. The topological polar surface area (TPSA) is 107 Å². The van der Waals surface area contributed by atoms with Gasteiger partial charge >= 0.3 is 0 Å². The van der Waals surface area contributed by atoms with Crippen molar-refractivity contribution in [2.24, 2.45) is 7.05 Å². The SMILES string of the molecule is CNC(=O)c1cnc(Cl)nc1Nc1cccc(-c2ncn(C)n2)c1OC. The van der Waals surface area contributed by atoms with E-state index >= 15 is 0 Å². The second kappa shape index (κ2) is 7.36. The van der Waals surface area contributed by atoms with Crippen LogP contribution in [0.2, 0.25) is 5.28 Å². The first kappa shape index (κ1) is 17.6. The van der Waals surface area contributed by atoms with Gasteiger partial charge in [-0.05, 0) is 23.7 Å². The molecule has 0 aliphatic rings. The first-order valence-electron chi connectivity index (χ1n) is 7.58. The van der Waals surface area contributed by atoms with Crippen LogP contribution in [0.5, 0.6) is 5.75 Å². The third kappa shape index (κ3) is 3.42. The molecule has 0 atom stereocenters. The van der Waals surface area contributed by atoms with Gasteiger partial charge in [-0.25, -0.2) is 9.97 Å². The zero-order valence-corrected chi connectivity index (χ0v) is 15.1. The van der Waals surface area contributed by atoms with Gasteiger partial charge in [0.15, 0.2) is 11.6 Å². The number of ether oxygens (including phenoxy) is 1. The van der Waals surface area contributed by atoms with Gasteiger partial charge in [0.05, 0.1) is 18.4 Å². The number of nitrogens with zero attached hydrogens (tertiary/aromatic N) is 5. The molecule has 26 heavy (non-hydrogen) atoms. The Kier molecular flexibility index (Phi) is 4.99. The molecule has 2 N–H and O–H groups in total. The highest BCUT2D eigenvalue weighted by Crippen LogP contribution is 2.36. The van der Waals surface area contributed by atoms with Crippen molar-refractivity contribution in [3.63, 3.8) is 0 Å². The van der Waals surface area contributed by atoms with Crippen molar-refractivity contribution >= 4 is 29.0 Å². The van der Waals surface area contributed by atoms with Crippen molar-refractivity contribution in [3.8, 4) is 17.1 Å². The molecule has 1 aromatic carbocycles. The number of carbonyl (C=O) groups excluding carboxylic acids is 1. The quantitative estimate of drug-likeness (QED) is 0.659. The lowest BCUT2D eigenvalue weighted by atomic mass is 10.1. The number of hydrogen-bond donors (Lipinski definition) is 2. The summed E-state index contributed by atoms with van der Waals surface area (Å²) in [5.74, 6) is 0.941. The minimum Gasteiger partial charge on any atom is -0.494 e. The van der Waals surface area contributed by atoms with E-state index in [1.807, 2.05) is 12.1 Å². The van der Waals surface area contributed by atoms with E-state index in [-0.39, 0.29) is 22.6 Å². The van der Waals surface area contributed by atoms with E-state index in [0.717, 1.165) is 0 Å². The lowest BCUT2D eigenvalue weighted by molar-refractivity contribution is 0.0963. The molecule has 0 unspecified atom stereocenters. The average Bonchev–Trinajstić information content (AvgIpc) is 3.07.